The van der Waals surface area contributed by atoms with E-state index in [1.807, 2.05) is 13.8 Å². The molecule has 26 heavy (non-hydrogen) atoms. The van der Waals surface area contributed by atoms with Crippen molar-refractivity contribution in [3.8, 4) is 0 Å². The van der Waals surface area contributed by atoms with Crippen LogP contribution in [0.3, 0.4) is 0 Å². The average molecular weight is 354 g/mol. The van der Waals surface area contributed by atoms with E-state index in [9.17, 15) is 0 Å². The van der Waals surface area contributed by atoms with Crippen LogP contribution in [0.1, 0.15) is 51.3 Å². The highest BCUT2D eigenvalue weighted by Crippen LogP contribution is 2.91. The summed E-state index contributed by atoms with van der Waals surface area (Å²) in [7, 11) is 0. The van der Waals surface area contributed by atoms with Crippen LogP contribution in [-0.4, -0.2) is 20.4 Å². The molecule has 5 aliphatic rings. The fourth-order valence-electron chi connectivity index (χ4n) is 6.90. The third-order valence-electron chi connectivity index (χ3n) is 7.67. The molecule has 4 heterocycles. The second-order valence-electron chi connectivity index (χ2n) is 9.66. The van der Waals surface area contributed by atoms with E-state index >= 15 is 0 Å². The average Bonchev–Trinajstić information content (AvgIpc) is 3.16. The number of aryl methyl sites for hydroxylation is 2. The van der Waals surface area contributed by atoms with E-state index in [1.54, 1.807) is 0 Å². The minimum Gasteiger partial charge on any atom is -0.423 e. The zero-order chi connectivity index (χ0) is 18.3. The second-order valence-corrected chi connectivity index (χ2v) is 9.66. The van der Waals surface area contributed by atoms with Gasteiger partial charge in [-0.15, -0.1) is 20.4 Å². The fraction of sp³-hybridized carbons (Fsp3) is 0.778. The molecule has 0 saturated heterocycles. The summed E-state index contributed by atoms with van der Waals surface area (Å²) in [5.74, 6) is 3.51. The Morgan fingerprint density at radius 1 is 0.615 bits per heavy atom. The molecule has 8 heteroatoms. The second kappa shape index (κ2) is 3.77. The molecule has 7 rings (SSSR count). The largest absolute Gasteiger partial charge is 0.423 e. The van der Waals surface area contributed by atoms with Crippen LogP contribution in [0.4, 0.5) is 0 Å². The summed E-state index contributed by atoms with van der Waals surface area (Å²) in [5, 5.41) is 26.8. The van der Waals surface area contributed by atoms with Crippen molar-refractivity contribution in [2.75, 3.05) is 0 Å². The van der Waals surface area contributed by atoms with Gasteiger partial charge in [0, 0.05) is 37.5 Å². The normalized spacial score (nSPS) is 45.3. The van der Waals surface area contributed by atoms with E-state index in [1.165, 1.54) is 0 Å². The van der Waals surface area contributed by atoms with E-state index in [2.05, 4.69) is 48.1 Å². The van der Waals surface area contributed by atoms with Crippen molar-refractivity contribution in [1.29, 1.82) is 0 Å². The molecule has 2 aromatic rings. The van der Waals surface area contributed by atoms with E-state index in [4.69, 9.17) is 19.1 Å². The zero-order valence-electron chi connectivity index (χ0n) is 15.8. The minimum atomic E-state index is -0.527. The summed E-state index contributed by atoms with van der Waals surface area (Å²) in [6.45, 7) is 12.8. The Hall–Kier alpha value is -2.12. The first kappa shape index (κ1) is 15.0. The molecule has 6 atom stereocenters. The highest BCUT2D eigenvalue weighted by atomic mass is 16.4. The molecule has 0 N–H and O–H groups in total. The van der Waals surface area contributed by atoms with E-state index in [0.717, 1.165) is 0 Å². The molecule has 2 bridgehead atoms. The molecular weight excluding hydrogens is 332 g/mol. The van der Waals surface area contributed by atoms with Crippen molar-refractivity contribution in [2.45, 2.75) is 52.6 Å². The molecule has 8 nitrogen and oxygen atoms in total. The first-order chi connectivity index (χ1) is 12.2. The number of rotatable bonds is 2. The minimum absolute atomic E-state index is 0.0394. The fourth-order valence-corrected chi connectivity index (χ4v) is 6.90. The van der Waals surface area contributed by atoms with Gasteiger partial charge >= 0.3 is 0 Å². The summed E-state index contributed by atoms with van der Waals surface area (Å²) < 4.78 is 11.9. The molecule has 3 saturated carbocycles. The Morgan fingerprint density at radius 3 is 1.23 bits per heavy atom. The Labute approximate surface area is 150 Å². The predicted molar refractivity (Wildman–Crippen MR) is 87.8 cm³/mol. The third kappa shape index (κ3) is 1.26. The van der Waals surface area contributed by atoms with Gasteiger partial charge in [0.2, 0.25) is 23.6 Å². The van der Waals surface area contributed by atoms with Gasteiger partial charge in [0.25, 0.3) is 0 Å². The Kier molecular flexibility index (Phi) is 2.18. The van der Waals surface area contributed by atoms with Crippen LogP contribution in [0.15, 0.2) is 19.1 Å². The quantitative estimate of drug-likeness (QED) is 0.820. The monoisotopic (exact) mass is 354 g/mol. The highest BCUT2D eigenvalue weighted by molar-refractivity contribution is 5.44. The van der Waals surface area contributed by atoms with Crippen molar-refractivity contribution in [1.82, 2.24) is 20.4 Å². The molecule has 3 fully saturated rings. The summed E-state index contributed by atoms with van der Waals surface area (Å²) >= 11 is 0. The molecule has 2 unspecified atom stereocenters. The van der Waals surface area contributed by atoms with Crippen LogP contribution in [-0.2, 0) is 11.1 Å². The SMILES string of the molecule is Cc1nnc(C23N=NC(c4nnc(C)o4)([C@@H]4[C@H]2C4(C)C)[C@H]2[C@@H]3C2(C)C)o1. The van der Waals surface area contributed by atoms with Crippen molar-refractivity contribution in [3.63, 3.8) is 0 Å². The first-order valence-corrected chi connectivity index (χ1v) is 9.23. The van der Waals surface area contributed by atoms with E-state index < -0.39 is 11.1 Å². The molecule has 0 amide bonds. The van der Waals surface area contributed by atoms with Crippen LogP contribution in [0, 0.1) is 48.3 Å². The number of hydrogen-bond acceptors (Lipinski definition) is 8. The van der Waals surface area contributed by atoms with Crippen LogP contribution in [0.5, 0.6) is 0 Å². The Balaban J connectivity index is 1.64. The Morgan fingerprint density at radius 2 is 0.962 bits per heavy atom. The molecule has 0 radical (unpaired) electrons. The smallest absolute Gasteiger partial charge is 0.246 e. The lowest BCUT2D eigenvalue weighted by Gasteiger charge is -2.41. The van der Waals surface area contributed by atoms with Gasteiger partial charge in [-0.2, -0.15) is 10.2 Å². The topological polar surface area (TPSA) is 103 Å². The Bertz CT molecular complexity index is 883. The van der Waals surface area contributed by atoms with Gasteiger partial charge in [-0.05, 0) is 10.8 Å². The first-order valence-electron chi connectivity index (χ1n) is 9.23. The van der Waals surface area contributed by atoms with Gasteiger partial charge in [-0.3, -0.25) is 0 Å². The van der Waals surface area contributed by atoms with E-state index in [-0.39, 0.29) is 34.5 Å². The van der Waals surface area contributed by atoms with Crippen molar-refractivity contribution in [2.24, 2.45) is 44.7 Å². The van der Waals surface area contributed by atoms with E-state index in [0.29, 0.717) is 23.6 Å². The van der Waals surface area contributed by atoms with Gasteiger partial charge in [0.05, 0.1) is 0 Å². The van der Waals surface area contributed by atoms with Crippen LogP contribution >= 0.6 is 0 Å². The molecule has 2 aliphatic heterocycles. The highest BCUT2D eigenvalue weighted by Gasteiger charge is 2.94. The van der Waals surface area contributed by atoms with Crippen LogP contribution in [0.25, 0.3) is 0 Å². The number of aromatic nitrogens is 4. The third-order valence-corrected chi connectivity index (χ3v) is 7.67. The van der Waals surface area contributed by atoms with Gasteiger partial charge in [-0.25, -0.2) is 0 Å². The van der Waals surface area contributed by atoms with Crippen molar-refractivity contribution >= 4 is 0 Å². The summed E-state index contributed by atoms with van der Waals surface area (Å²) in [6, 6.07) is 0. The number of azo groups is 1. The molecule has 3 aliphatic carbocycles. The molecule has 2 aromatic heterocycles. The number of hydrogen-bond donors (Lipinski definition) is 0. The molecule has 136 valence electrons. The molecule has 0 aromatic carbocycles. The summed E-state index contributed by atoms with van der Waals surface area (Å²) in [6.07, 6.45) is 0. The predicted octanol–water partition coefficient (Wildman–Crippen LogP) is 3.18. The van der Waals surface area contributed by atoms with Crippen molar-refractivity contribution < 1.29 is 8.83 Å². The van der Waals surface area contributed by atoms with Gasteiger partial charge in [0.15, 0.2) is 11.1 Å². The lowest BCUT2D eigenvalue weighted by molar-refractivity contribution is 0.0693. The lowest BCUT2D eigenvalue weighted by atomic mass is 9.71. The summed E-state index contributed by atoms with van der Waals surface area (Å²) in [4.78, 5) is 0. The summed E-state index contributed by atoms with van der Waals surface area (Å²) in [5.41, 5.74) is -0.976. The zero-order valence-corrected chi connectivity index (χ0v) is 15.8. The van der Waals surface area contributed by atoms with Gasteiger partial charge < -0.3 is 8.83 Å². The molecule has 0 spiro atoms. The van der Waals surface area contributed by atoms with Gasteiger partial charge in [-0.1, -0.05) is 27.7 Å². The van der Waals surface area contributed by atoms with Crippen molar-refractivity contribution in [3.05, 3.63) is 23.6 Å². The lowest BCUT2D eigenvalue weighted by Crippen LogP contribution is -2.47. The standard InChI is InChI=1S/C18H22N6O2/c1-7-19-21-13(25-7)17-9-11(15(9,3)4)18(24-23-17,12-10(17)16(12,5)6)14-22-20-8(2)26-14/h9-12H,1-6H3/t9-,10+,11+,12-,17?,18?. The van der Waals surface area contributed by atoms with Gasteiger partial charge in [0.1, 0.15) is 0 Å². The maximum Gasteiger partial charge on any atom is 0.246 e. The maximum absolute atomic E-state index is 5.94. The van der Waals surface area contributed by atoms with Crippen LogP contribution < -0.4 is 0 Å². The molecular formula is C18H22N6O2. The maximum atomic E-state index is 5.94. The van der Waals surface area contributed by atoms with Crippen LogP contribution in [0.2, 0.25) is 0 Å². The number of nitrogens with zero attached hydrogens (tertiary/aromatic N) is 6.